The van der Waals surface area contributed by atoms with Gasteiger partial charge in [0.15, 0.2) is 0 Å². The van der Waals surface area contributed by atoms with Crippen molar-refractivity contribution in [2.24, 2.45) is 22.9 Å². The van der Waals surface area contributed by atoms with Gasteiger partial charge in [0.1, 0.15) is 0 Å². The second kappa shape index (κ2) is 13.6. The number of hydrogen-bond donors (Lipinski definition) is 4. The van der Waals surface area contributed by atoms with Gasteiger partial charge in [0, 0.05) is 23.3 Å². The molecule has 0 spiro atoms. The minimum absolute atomic E-state index is 0.270. The predicted molar refractivity (Wildman–Crippen MR) is 99.1 cm³/mol. The fourth-order valence-electron chi connectivity index (χ4n) is 2.57. The van der Waals surface area contributed by atoms with E-state index in [0.29, 0.717) is 12.8 Å². The van der Waals surface area contributed by atoms with Crippen LogP contribution in [-0.4, -0.2) is 23.6 Å². The van der Waals surface area contributed by atoms with Crippen LogP contribution in [0.4, 0.5) is 0 Å². The lowest BCUT2D eigenvalue weighted by Crippen LogP contribution is -2.17. The van der Waals surface area contributed by atoms with Crippen LogP contribution in [0.2, 0.25) is 0 Å². The normalized spacial score (nSPS) is 12.0. The molecule has 0 aliphatic rings. The molecule has 0 aromatic rings. The summed E-state index contributed by atoms with van der Waals surface area (Å²) in [6.45, 7) is 0. The Morgan fingerprint density at radius 1 is 0.500 bits per heavy atom. The average Bonchev–Trinajstić information content (AvgIpc) is 2.53. The lowest BCUT2D eigenvalue weighted by molar-refractivity contribution is -0.116. The molecule has 0 aromatic carbocycles. The Balaban J connectivity index is 3.77. The van der Waals surface area contributed by atoms with Crippen molar-refractivity contribution in [3.8, 4) is 0 Å². The predicted octanol–water partition coefficient (Wildman–Crippen LogP) is 0.681. The Morgan fingerprint density at radius 2 is 0.769 bits per heavy atom. The van der Waals surface area contributed by atoms with Gasteiger partial charge in [0.2, 0.25) is 23.6 Å². The summed E-state index contributed by atoms with van der Waals surface area (Å²) in [6.07, 6.45) is 10.7. The second-order valence-corrected chi connectivity index (χ2v) is 6.20. The van der Waals surface area contributed by atoms with E-state index in [9.17, 15) is 19.2 Å². The van der Waals surface area contributed by atoms with Crippen molar-refractivity contribution in [1.29, 1.82) is 0 Å². The van der Waals surface area contributed by atoms with Crippen LogP contribution < -0.4 is 22.9 Å². The minimum Gasteiger partial charge on any atom is -0.366 e. The van der Waals surface area contributed by atoms with Crippen LogP contribution in [0.15, 0.2) is 23.3 Å². The van der Waals surface area contributed by atoms with Crippen LogP contribution in [0.25, 0.3) is 0 Å². The maximum Gasteiger partial charge on any atom is 0.244 e. The van der Waals surface area contributed by atoms with E-state index in [0.717, 1.165) is 63.5 Å². The third-order valence-electron chi connectivity index (χ3n) is 3.91. The van der Waals surface area contributed by atoms with Gasteiger partial charge < -0.3 is 22.9 Å². The molecule has 4 amide bonds. The fraction of sp³-hybridized carbons (Fsp3) is 0.556. The van der Waals surface area contributed by atoms with Crippen LogP contribution in [0, 0.1) is 0 Å². The van der Waals surface area contributed by atoms with Gasteiger partial charge in [-0.2, -0.15) is 0 Å². The SMILES string of the molecule is NC(=O)/C=C(\CCCCCCCCCC/C(=C\C(N)=O)C(N)=O)C(N)=O. The molecule has 0 saturated heterocycles. The van der Waals surface area contributed by atoms with Gasteiger partial charge in [0.25, 0.3) is 0 Å². The quantitative estimate of drug-likeness (QED) is 0.246. The number of unbranched alkanes of at least 4 members (excludes halogenated alkanes) is 7. The third kappa shape index (κ3) is 12.7. The maximum atomic E-state index is 11.1. The summed E-state index contributed by atoms with van der Waals surface area (Å²) in [5.74, 6) is -2.54. The Labute approximate surface area is 154 Å². The van der Waals surface area contributed by atoms with Crippen molar-refractivity contribution >= 4 is 23.6 Å². The van der Waals surface area contributed by atoms with Crippen LogP contribution in [0.1, 0.15) is 64.2 Å². The first-order chi connectivity index (χ1) is 12.2. The van der Waals surface area contributed by atoms with Crippen LogP contribution in [0.3, 0.4) is 0 Å². The highest BCUT2D eigenvalue weighted by molar-refractivity contribution is 6.00. The van der Waals surface area contributed by atoms with Crippen LogP contribution >= 0.6 is 0 Å². The summed E-state index contributed by atoms with van der Waals surface area (Å²) in [6, 6.07) is 0. The van der Waals surface area contributed by atoms with Crippen molar-refractivity contribution < 1.29 is 19.2 Å². The zero-order valence-corrected chi connectivity index (χ0v) is 15.2. The molecule has 0 fully saturated rings. The minimum atomic E-state index is -0.663. The lowest BCUT2D eigenvalue weighted by atomic mass is 10.0. The molecule has 0 aromatic heterocycles. The van der Waals surface area contributed by atoms with E-state index in [1.165, 1.54) is 0 Å². The summed E-state index contributed by atoms with van der Waals surface area (Å²) in [4.78, 5) is 43.9. The highest BCUT2D eigenvalue weighted by Gasteiger charge is 2.07. The van der Waals surface area contributed by atoms with E-state index in [-0.39, 0.29) is 11.1 Å². The summed E-state index contributed by atoms with van der Waals surface area (Å²) >= 11 is 0. The van der Waals surface area contributed by atoms with Crippen molar-refractivity contribution in [3.05, 3.63) is 23.3 Å². The molecule has 0 radical (unpaired) electrons. The Hall–Kier alpha value is -2.64. The first-order valence-electron chi connectivity index (χ1n) is 8.83. The monoisotopic (exact) mass is 366 g/mol. The number of rotatable bonds is 15. The first-order valence-corrected chi connectivity index (χ1v) is 8.83. The van der Waals surface area contributed by atoms with Crippen LogP contribution in [0.5, 0.6) is 0 Å². The van der Waals surface area contributed by atoms with Crippen molar-refractivity contribution in [1.82, 2.24) is 0 Å². The molecule has 0 heterocycles. The standard InChI is InChI=1S/C18H30N4O4/c19-15(23)11-13(17(21)25)9-7-5-3-1-2-4-6-8-10-14(18(22)26)12-16(20)24/h11-12H,1-10H2,(H2,19,23)(H2,20,24)(H2,21,25)(H2,22,26)/b13-11+,14-12+. The zero-order valence-electron chi connectivity index (χ0n) is 15.2. The molecule has 8 nitrogen and oxygen atoms in total. The lowest BCUT2D eigenvalue weighted by Gasteiger charge is -2.05. The largest absolute Gasteiger partial charge is 0.366 e. The molecule has 0 bridgehead atoms. The smallest absolute Gasteiger partial charge is 0.244 e. The Morgan fingerprint density at radius 3 is 1.00 bits per heavy atom. The van der Waals surface area contributed by atoms with E-state index < -0.39 is 23.6 Å². The van der Waals surface area contributed by atoms with Gasteiger partial charge >= 0.3 is 0 Å². The number of amides is 4. The van der Waals surface area contributed by atoms with E-state index in [4.69, 9.17) is 22.9 Å². The Bertz CT molecular complexity index is 518. The number of carbonyl (C=O) groups is 4. The molecule has 26 heavy (non-hydrogen) atoms. The molecule has 0 atom stereocenters. The summed E-state index contributed by atoms with van der Waals surface area (Å²) in [5.41, 5.74) is 21.0. The topological polar surface area (TPSA) is 172 Å². The fourth-order valence-corrected chi connectivity index (χ4v) is 2.57. The highest BCUT2D eigenvalue weighted by Crippen LogP contribution is 2.14. The number of hydrogen-bond acceptors (Lipinski definition) is 4. The second-order valence-electron chi connectivity index (χ2n) is 6.20. The average molecular weight is 366 g/mol. The number of primary amides is 4. The molecule has 8 N–H and O–H groups in total. The van der Waals surface area contributed by atoms with Gasteiger partial charge in [-0.25, -0.2) is 0 Å². The van der Waals surface area contributed by atoms with Crippen molar-refractivity contribution in [2.45, 2.75) is 64.2 Å². The molecule has 0 aliphatic carbocycles. The molecule has 0 unspecified atom stereocenters. The Kier molecular flexibility index (Phi) is 12.2. The van der Waals surface area contributed by atoms with E-state index >= 15 is 0 Å². The van der Waals surface area contributed by atoms with Crippen molar-refractivity contribution in [2.75, 3.05) is 0 Å². The summed E-state index contributed by atoms with van der Waals surface area (Å²) in [5, 5.41) is 0. The summed E-state index contributed by atoms with van der Waals surface area (Å²) in [7, 11) is 0. The van der Waals surface area contributed by atoms with E-state index in [1.807, 2.05) is 0 Å². The number of carbonyl (C=O) groups excluding carboxylic acids is 4. The first kappa shape index (κ1) is 23.4. The van der Waals surface area contributed by atoms with E-state index in [1.54, 1.807) is 0 Å². The van der Waals surface area contributed by atoms with Crippen LogP contribution in [-0.2, 0) is 19.2 Å². The molecule has 146 valence electrons. The molecular weight excluding hydrogens is 336 g/mol. The molecule has 0 aliphatic heterocycles. The zero-order chi connectivity index (χ0) is 19.9. The third-order valence-corrected chi connectivity index (χ3v) is 3.91. The van der Waals surface area contributed by atoms with Crippen molar-refractivity contribution in [3.63, 3.8) is 0 Å². The molecule has 0 rings (SSSR count). The van der Waals surface area contributed by atoms with E-state index in [2.05, 4.69) is 0 Å². The van der Waals surface area contributed by atoms with Gasteiger partial charge in [-0.3, -0.25) is 19.2 Å². The number of nitrogens with two attached hydrogens (primary N) is 4. The highest BCUT2D eigenvalue weighted by atomic mass is 16.2. The molecular formula is C18H30N4O4. The maximum absolute atomic E-state index is 11.1. The van der Waals surface area contributed by atoms with Gasteiger partial charge in [-0.15, -0.1) is 0 Å². The molecule has 8 heteroatoms. The van der Waals surface area contributed by atoms with Gasteiger partial charge in [-0.1, -0.05) is 38.5 Å². The summed E-state index contributed by atoms with van der Waals surface area (Å²) < 4.78 is 0. The van der Waals surface area contributed by atoms with Gasteiger partial charge in [0.05, 0.1) is 0 Å². The molecule has 0 saturated carbocycles. The van der Waals surface area contributed by atoms with Gasteiger partial charge in [-0.05, 0) is 25.7 Å².